The highest BCUT2D eigenvalue weighted by Gasteiger charge is 2.34. The highest BCUT2D eigenvalue weighted by atomic mass is 35.5. The van der Waals surface area contributed by atoms with E-state index in [1.165, 1.54) is 11.8 Å². The summed E-state index contributed by atoms with van der Waals surface area (Å²) >= 11 is 7.72. The Bertz CT molecular complexity index is 1430. The molecule has 0 fully saturated rings. The number of amides is 1. The van der Waals surface area contributed by atoms with Gasteiger partial charge in [-0.25, -0.2) is 9.48 Å². The van der Waals surface area contributed by atoms with E-state index in [0.29, 0.717) is 29.3 Å². The molecule has 0 saturated carbocycles. The topological polar surface area (TPSA) is 97.6 Å². The third kappa shape index (κ3) is 5.47. The van der Waals surface area contributed by atoms with Crippen LogP contribution in [0.2, 0.25) is 5.02 Å². The van der Waals surface area contributed by atoms with Crippen LogP contribution in [0.3, 0.4) is 0 Å². The predicted molar refractivity (Wildman–Crippen MR) is 140 cm³/mol. The zero-order valence-corrected chi connectivity index (χ0v) is 21.2. The summed E-state index contributed by atoms with van der Waals surface area (Å²) in [5.41, 5.74) is 3.60. The molecule has 1 amide bonds. The van der Waals surface area contributed by atoms with Crippen molar-refractivity contribution in [1.29, 1.82) is 0 Å². The molecule has 1 atom stereocenters. The van der Waals surface area contributed by atoms with Crippen LogP contribution < -0.4 is 4.74 Å². The normalized spacial score (nSPS) is 14.7. The highest BCUT2D eigenvalue weighted by molar-refractivity contribution is 7.99. The highest BCUT2D eigenvalue weighted by Crippen LogP contribution is 2.41. The van der Waals surface area contributed by atoms with Crippen LogP contribution in [0.1, 0.15) is 22.7 Å². The van der Waals surface area contributed by atoms with Crippen molar-refractivity contribution in [3.05, 3.63) is 101 Å². The molecule has 0 bridgehead atoms. The number of ether oxygens (including phenoxy) is 1. The first kappa shape index (κ1) is 24.9. The average molecular weight is 535 g/mol. The van der Waals surface area contributed by atoms with Gasteiger partial charge < -0.3 is 14.7 Å². The first-order chi connectivity index (χ1) is 18.0. The molecule has 0 radical (unpaired) electrons. The third-order valence-electron chi connectivity index (χ3n) is 6.08. The van der Waals surface area contributed by atoms with Crippen molar-refractivity contribution in [2.75, 3.05) is 18.9 Å². The maximum Gasteiger partial charge on any atom is 0.341 e. The minimum Gasteiger partial charge on any atom is -0.482 e. The van der Waals surface area contributed by atoms with E-state index in [-0.39, 0.29) is 11.7 Å². The molecule has 2 heterocycles. The molecule has 37 heavy (non-hydrogen) atoms. The molecule has 5 rings (SSSR count). The van der Waals surface area contributed by atoms with Crippen LogP contribution in [0.15, 0.2) is 84.0 Å². The van der Waals surface area contributed by atoms with Gasteiger partial charge in [0.2, 0.25) is 5.91 Å². The van der Waals surface area contributed by atoms with Gasteiger partial charge in [0.15, 0.2) is 6.61 Å². The molecule has 0 spiro atoms. The molecule has 1 unspecified atom stereocenters. The average Bonchev–Trinajstić information content (AvgIpc) is 3.39. The summed E-state index contributed by atoms with van der Waals surface area (Å²) < 4.78 is 7.32. The molecule has 8 nitrogen and oxygen atoms in total. The summed E-state index contributed by atoms with van der Waals surface area (Å²) in [5, 5.41) is 18.6. The second-order valence-electron chi connectivity index (χ2n) is 8.41. The summed E-state index contributed by atoms with van der Waals surface area (Å²) in [6, 6.07) is 22.1. The Morgan fingerprint density at radius 1 is 1.05 bits per heavy atom. The molecule has 1 aliphatic heterocycles. The molecule has 0 saturated heterocycles. The van der Waals surface area contributed by atoms with Gasteiger partial charge in [0.1, 0.15) is 10.8 Å². The summed E-state index contributed by atoms with van der Waals surface area (Å²) in [7, 11) is 0. The number of carbonyl (C=O) groups is 2. The van der Waals surface area contributed by atoms with E-state index in [2.05, 4.69) is 10.3 Å². The molecule has 0 aliphatic carbocycles. The number of carbonyl (C=O) groups excluding carboxylic acids is 1. The maximum absolute atomic E-state index is 13.7. The van der Waals surface area contributed by atoms with E-state index >= 15 is 0 Å². The van der Waals surface area contributed by atoms with Gasteiger partial charge in [-0.15, -0.1) is 5.10 Å². The van der Waals surface area contributed by atoms with Gasteiger partial charge >= 0.3 is 5.97 Å². The van der Waals surface area contributed by atoms with Crippen LogP contribution in [0, 0.1) is 0 Å². The number of fused-ring (bicyclic) bond motifs is 1. The smallest absolute Gasteiger partial charge is 0.341 e. The Balaban J connectivity index is 1.45. The lowest BCUT2D eigenvalue weighted by Gasteiger charge is -2.38. The molecule has 1 N–H and O–H groups in total. The summed E-state index contributed by atoms with van der Waals surface area (Å²) in [5.74, 6) is -0.609. The number of aromatic nitrogens is 3. The van der Waals surface area contributed by atoms with E-state index < -0.39 is 18.6 Å². The number of hydrogen-bond acceptors (Lipinski definition) is 6. The second-order valence-corrected chi connectivity index (χ2v) is 9.84. The van der Waals surface area contributed by atoms with Crippen LogP contribution in [-0.4, -0.2) is 55.8 Å². The van der Waals surface area contributed by atoms with Crippen molar-refractivity contribution in [2.24, 2.45) is 0 Å². The fourth-order valence-corrected chi connectivity index (χ4v) is 5.47. The molecule has 3 aromatic carbocycles. The molecule has 10 heteroatoms. The quantitative estimate of drug-likeness (QED) is 0.329. The van der Waals surface area contributed by atoms with Gasteiger partial charge in [-0.1, -0.05) is 71.0 Å². The number of para-hydroxylation sites is 1. The standard InChI is InChI=1S/C27H23ClN4O4S/c28-19-10-11-23(36-16-26(34)35)22(14-19)27-21-9-5-4-6-18(21)12-13-31(27)24(33)17-37-25-15-29-30-32(25)20-7-2-1-3-8-20/h1-11,14-15,27H,12-13,16-17H2,(H,34,35). The summed E-state index contributed by atoms with van der Waals surface area (Å²) in [6.07, 6.45) is 2.35. The number of thioether (sulfide) groups is 1. The number of halogens is 1. The lowest BCUT2D eigenvalue weighted by Crippen LogP contribution is -2.41. The lowest BCUT2D eigenvalue weighted by molar-refractivity contribution is -0.139. The van der Waals surface area contributed by atoms with Gasteiger partial charge in [-0.05, 0) is 47.9 Å². The molecule has 1 aromatic heterocycles. The van der Waals surface area contributed by atoms with Gasteiger partial charge in [0.25, 0.3) is 0 Å². The van der Waals surface area contributed by atoms with Crippen LogP contribution in [0.4, 0.5) is 0 Å². The van der Waals surface area contributed by atoms with Gasteiger partial charge in [-0.3, -0.25) is 4.79 Å². The first-order valence-electron chi connectivity index (χ1n) is 11.6. The summed E-state index contributed by atoms with van der Waals surface area (Å²) in [4.78, 5) is 26.7. The number of carboxylic acid groups (broad SMARTS) is 1. The molecule has 1 aliphatic rings. The van der Waals surface area contributed by atoms with E-state index in [4.69, 9.17) is 21.4 Å². The van der Waals surface area contributed by atoms with Crippen LogP contribution in [0.25, 0.3) is 5.69 Å². The Morgan fingerprint density at radius 3 is 2.65 bits per heavy atom. The van der Waals surface area contributed by atoms with Gasteiger partial charge in [-0.2, -0.15) is 0 Å². The van der Waals surface area contributed by atoms with E-state index in [9.17, 15) is 9.59 Å². The maximum atomic E-state index is 13.7. The van der Waals surface area contributed by atoms with Gasteiger partial charge in [0.05, 0.1) is 23.7 Å². The molecule has 4 aromatic rings. The first-order valence-corrected chi connectivity index (χ1v) is 13.0. The predicted octanol–water partition coefficient (Wildman–Crippen LogP) is 4.65. The molecule has 188 valence electrons. The fourth-order valence-electron chi connectivity index (χ4n) is 4.47. The van der Waals surface area contributed by atoms with Crippen molar-refractivity contribution >= 4 is 35.2 Å². The minimum atomic E-state index is -1.09. The number of nitrogens with zero attached hydrogens (tertiary/aromatic N) is 4. The number of aliphatic carboxylic acids is 1. The Labute approximate surface area is 222 Å². The minimum absolute atomic E-state index is 0.0746. The van der Waals surface area contributed by atoms with Crippen LogP contribution in [0.5, 0.6) is 5.75 Å². The third-order valence-corrected chi connectivity index (χ3v) is 7.28. The number of benzene rings is 3. The Kier molecular flexibility index (Phi) is 7.43. The van der Waals surface area contributed by atoms with Crippen molar-refractivity contribution in [2.45, 2.75) is 17.5 Å². The van der Waals surface area contributed by atoms with Crippen molar-refractivity contribution in [1.82, 2.24) is 19.9 Å². The SMILES string of the molecule is O=C(O)COc1ccc(Cl)cc1C1c2ccccc2CCN1C(=O)CSc1cnnn1-c1ccccc1. The van der Waals surface area contributed by atoms with Crippen LogP contribution in [-0.2, 0) is 16.0 Å². The summed E-state index contributed by atoms with van der Waals surface area (Å²) in [6.45, 7) is 0.00538. The second kappa shape index (κ2) is 11.1. The largest absolute Gasteiger partial charge is 0.482 e. The zero-order valence-electron chi connectivity index (χ0n) is 19.7. The van der Waals surface area contributed by atoms with Crippen LogP contribution >= 0.6 is 23.4 Å². The van der Waals surface area contributed by atoms with Crippen molar-refractivity contribution in [3.63, 3.8) is 0 Å². The Hall–Kier alpha value is -3.82. The van der Waals surface area contributed by atoms with Crippen molar-refractivity contribution < 1.29 is 19.4 Å². The monoisotopic (exact) mass is 534 g/mol. The number of rotatable bonds is 8. The number of carboxylic acids is 1. The van der Waals surface area contributed by atoms with E-state index in [1.54, 1.807) is 29.1 Å². The van der Waals surface area contributed by atoms with Crippen molar-refractivity contribution in [3.8, 4) is 11.4 Å². The number of hydrogen-bond donors (Lipinski definition) is 1. The lowest BCUT2D eigenvalue weighted by atomic mass is 9.87. The molecular weight excluding hydrogens is 512 g/mol. The van der Waals surface area contributed by atoms with E-state index in [0.717, 1.165) is 21.8 Å². The Morgan fingerprint density at radius 2 is 1.84 bits per heavy atom. The molecular formula is C27H23ClN4O4S. The van der Waals surface area contributed by atoms with E-state index in [1.807, 2.05) is 59.5 Å². The van der Waals surface area contributed by atoms with Gasteiger partial charge in [0, 0.05) is 17.1 Å². The fraction of sp³-hybridized carbons (Fsp3) is 0.185. The zero-order chi connectivity index (χ0) is 25.8.